The van der Waals surface area contributed by atoms with Gasteiger partial charge in [0.1, 0.15) is 0 Å². The molecule has 1 aromatic carbocycles. The summed E-state index contributed by atoms with van der Waals surface area (Å²) in [7, 11) is 0. The lowest BCUT2D eigenvalue weighted by Gasteiger charge is -2.27. The van der Waals surface area contributed by atoms with E-state index in [1.165, 1.54) is 44.1 Å². The first-order valence-electron chi connectivity index (χ1n) is 8.32. The van der Waals surface area contributed by atoms with E-state index in [2.05, 4.69) is 56.4 Å². The topological polar surface area (TPSA) is 12.0 Å². The lowest BCUT2D eigenvalue weighted by atomic mass is 9.88. The van der Waals surface area contributed by atoms with Gasteiger partial charge in [-0.25, -0.2) is 0 Å². The van der Waals surface area contributed by atoms with Crippen molar-refractivity contribution in [2.75, 3.05) is 6.54 Å². The van der Waals surface area contributed by atoms with Crippen LogP contribution in [0.3, 0.4) is 0 Å². The first-order chi connectivity index (χ1) is 9.53. The van der Waals surface area contributed by atoms with Crippen LogP contribution in [0.5, 0.6) is 0 Å². The average molecular weight is 273 g/mol. The molecule has 1 fully saturated rings. The van der Waals surface area contributed by atoms with Crippen LogP contribution in [-0.2, 0) is 6.42 Å². The predicted octanol–water partition coefficient (Wildman–Crippen LogP) is 4.81. The summed E-state index contributed by atoms with van der Waals surface area (Å²) in [6.45, 7) is 7.95. The molecule has 1 nitrogen and oxygen atoms in total. The summed E-state index contributed by atoms with van der Waals surface area (Å²) in [6, 6.07) is 11.0. The second-order valence-electron chi connectivity index (χ2n) is 7.57. The van der Waals surface area contributed by atoms with E-state index in [9.17, 15) is 0 Å². The molecule has 0 heterocycles. The Morgan fingerprint density at radius 2 is 1.75 bits per heavy atom. The maximum atomic E-state index is 3.72. The normalized spacial score (nSPS) is 18.4. The van der Waals surface area contributed by atoms with Gasteiger partial charge in [0, 0.05) is 5.54 Å². The van der Waals surface area contributed by atoms with Gasteiger partial charge in [-0.15, -0.1) is 0 Å². The summed E-state index contributed by atoms with van der Waals surface area (Å²) < 4.78 is 0. The zero-order valence-corrected chi connectivity index (χ0v) is 13.5. The van der Waals surface area contributed by atoms with Gasteiger partial charge in [0.2, 0.25) is 0 Å². The van der Waals surface area contributed by atoms with Crippen molar-refractivity contribution in [3.8, 4) is 0 Å². The largest absolute Gasteiger partial charge is 0.312 e. The maximum Gasteiger partial charge on any atom is 0.00966 e. The van der Waals surface area contributed by atoms with Crippen molar-refractivity contribution < 1.29 is 0 Å². The summed E-state index contributed by atoms with van der Waals surface area (Å²) in [4.78, 5) is 0. The zero-order valence-electron chi connectivity index (χ0n) is 13.5. The second kappa shape index (κ2) is 7.26. The van der Waals surface area contributed by atoms with Crippen molar-refractivity contribution in [2.24, 2.45) is 11.8 Å². The minimum Gasteiger partial charge on any atom is -0.312 e. The van der Waals surface area contributed by atoms with E-state index < -0.39 is 0 Å². The lowest BCUT2D eigenvalue weighted by Crippen LogP contribution is -2.40. The van der Waals surface area contributed by atoms with Gasteiger partial charge in [0.05, 0.1) is 0 Å². The molecule has 0 saturated heterocycles. The van der Waals surface area contributed by atoms with Gasteiger partial charge < -0.3 is 5.32 Å². The molecule has 112 valence electrons. The molecule has 1 saturated carbocycles. The minimum absolute atomic E-state index is 0.227. The molecule has 0 aliphatic heterocycles. The summed E-state index contributed by atoms with van der Waals surface area (Å²) in [6.07, 6.45) is 8.45. The van der Waals surface area contributed by atoms with Crippen molar-refractivity contribution in [1.82, 2.24) is 5.32 Å². The highest BCUT2D eigenvalue weighted by Gasteiger charge is 2.21. The molecule has 1 aliphatic rings. The number of benzene rings is 1. The molecule has 1 unspecified atom stereocenters. The summed E-state index contributed by atoms with van der Waals surface area (Å²) in [5.74, 6) is 1.75. The maximum absolute atomic E-state index is 3.72. The first kappa shape index (κ1) is 15.6. The quantitative estimate of drug-likeness (QED) is 0.784. The van der Waals surface area contributed by atoms with E-state index in [1.54, 1.807) is 0 Å². The van der Waals surface area contributed by atoms with Gasteiger partial charge in [0.15, 0.2) is 0 Å². The molecule has 20 heavy (non-hydrogen) atoms. The van der Waals surface area contributed by atoms with Crippen LogP contribution in [0, 0.1) is 11.8 Å². The standard InChI is InChI=1S/C19H31N/c1-19(2,3)20-15-18(14-17-11-7-8-12-17)13-16-9-5-4-6-10-16/h4-6,9-10,17-18,20H,7-8,11-15H2,1-3H3. The fraction of sp³-hybridized carbons (Fsp3) is 0.684. The van der Waals surface area contributed by atoms with E-state index in [0.29, 0.717) is 0 Å². The zero-order chi connectivity index (χ0) is 14.4. The monoisotopic (exact) mass is 273 g/mol. The number of rotatable bonds is 6. The molecule has 0 aromatic heterocycles. The van der Waals surface area contributed by atoms with Crippen LogP contribution in [0.1, 0.15) is 58.4 Å². The van der Waals surface area contributed by atoms with Gasteiger partial charge in [-0.05, 0) is 57.6 Å². The molecule has 1 aliphatic carbocycles. The average Bonchev–Trinajstić information content (AvgIpc) is 2.89. The van der Waals surface area contributed by atoms with Crippen LogP contribution in [0.2, 0.25) is 0 Å². The highest BCUT2D eigenvalue weighted by Crippen LogP contribution is 2.31. The lowest BCUT2D eigenvalue weighted by molar-refractivity contribution is 0.317. The molecule has 0 spiro atoms. The molecule has 1 heteroatoms. The van der Waals surface area contributed by atoms with Gasteiger partial charge >= 0.3 is 0 Å². The Bertz CT molecular complexity index is 371. The smallest absolute Gasteiger partial charge is 0.00966 e. The van der Waals surface area contributed by atoms with E-state index in [0.717, 1.165) is 18.4 Å². The van der Waals surface area contributed by atoms with E-state index in [4.69, 9.17) is 0 Å². The van der Waals surface area contributed by atoms with Gasteiger partial charge in [0.25, 0.3) is 0 Å². The first-order valence-corrected chi connectivity index (χ1v) is 8.32. The van der Waals surface area contributed by atoms with Gasteiger partial charge in [-0.1, -0.05) is 56.0 Å². The van der Waals surface area contributed by atoms with Crippen molar-refractivity contribution in [3.63, 3.8) is 0 Å². The minimum atomic E-state index is 0.227. The van der Waals surface area contributed by atoms with Crippen LogP contribution in [0.25, 0.3) is 0 Å². The van der Waals surface area contributed by atoms with Crippen molar-refractivity contribution in [3.05, 3.63) is 35.9 Å². The van der Waals surface area contributed by atoms with Crippen molar-refractivity contribution in [1.29, 1.82) is 0 Å². The number of nitrogens with one attached hydrogen (secondary N) is 1. The molecule has 0 bridgehead atoms. The summed E-state index contributed by atoms with van der Waals surface area (Å²) in [5.41, 5.74) is 1.72. The fourth-order valence-electron chi connectivity index (χ4n) is 3.35. The fourth-order valence-corrected chi connectivity index (χ4v) is 3.35. The number of hydrogen-bond donors (Lipinski definition) is 1. The molecule has 2 rings (SSSR count). The van der Waals surface area contributed by atoms with E-state index >= 15 is 0 Å². The molecule has 1 aromatic rings. The third-order valence-electron chi connectivity index (χ3n) is 4.43. The van der Waals surface area contributed by atoms with Crippen LogP contribution in [-0.4, -0.2) is 12.1 Å². The Hall–Kier alpha value is -0.820. The Kier molecular flexibility index (Phi) is 5.65. The highest BCUT2D eigenvalue weighted by atomic mass is 14.9. The second-order valence-corrected chi connectivity index (χ2v) is 7.57. The van der Waals surface area contributed by atoms with Crippen molar-refractivity contribution in [2.45, 2.75) is 64.8 Å². The Labute approximate surface area is 125 Å². The van der Waals surface area contributed by atoms with E-state index in [-0.39, 0.29) is 5.54 Å². The molecule has 1 N–H and O–H groups in total. The number of hydrogen-bond acceptors (Lipinski definition) is 1. The van der Waals surface area contributed by atoms with Crippen molar-refractivity contribution >= 4 is 0 Å². The Balaban J connectivity index is 1.91. The van der Waals surface area contributed by atoms with Crippen LogP contribution in [0.15, 0.2) is 30.3 Å². The third kappa shape index (κ3) is 5.66. The molecule has 0 amide bonds. The third-order valence-corrected chi connectivity index (χ3v) is 4.43. The Morgan fingerprint density at radius 3 is 2.35 bits per heavy atom. The van der Waals surface area contributed by atoms with Crippen LogP contribution < -0.4 is 5.32 Å². The highest BCUT2D eigenvalue weighted by molar-refractivity contribution is 5.15. The SMILES string of the molecule is CC(C)(C)NCC(Cc1ccccc1)CC1CCCC1. The Morgan fingerprint density at radius 1 is 1.10 bits per heavy atom. The molecule has 1 atom stereocenters. The molecular weight excluding hydrogens is 242 g/mol. The van der Waals surface area contributed by atoms with E-state index in [1.807, 2.05) is 0 Å². The van der Waals surface area contributed by atoms with Crippen LogP contribution in [0.4, 0.5) is 0 Å². The molecule has 0 radical (unpaired) electrons. The predicted molar refractivity (Wildman–Crippen MR) is 88.0 cm³/mol. The molecular formula is C19H31N. The summed E-state index contributed by atoms with van der Waals surface area (Å²) >= 11 is 0. The van der Waals surface area contributed by atoms with Gasteiger partial charge in [-0.3, -0.25) is 0 Å². The van der Waals surface area contributed by atoms with Crippen LogP contribution >= 0.6 is 0 Å². The van der Waals surface area contributed by atoms with Gasteiger partial charge in [-0.2, -0.15) is 0 Å². The summed E-state index contributed by atoms with van der Waals surface area (Å²) in [5, 5.41) is 3.72.